The van der Waals surface area contributed by atoms with Gasteiger partial charge in [-0.2, -0.15) is 0 Å². The quantitative estimate of drug-likeness (QED) is 0.626. The Bertz CT molecular complexity index is 355. The Morgan fingerprint density at radius 2 is 2.20 bits per heavy atom. The molecule has 0 unspecified atom stereocenters. The summed E-state index contributed by atoms with van der Waals surface area (Å²) in [4.78, 5) is 11.4. The van der Waals surface area contributed by atoms with E-state index < -0.39 is 11.8 Å². The third-order valence-corrected chi connectivity index (χ3v) is 2.36. The summed E-state index contributed by atoms with van der Waals surface area (Å²) in [6.07, 6.45) is 0. The Kier molecular flexibility index (Phi) is 4.71. The van der Waals surface area contributed by atoms with Gasteiger partial charge in [0.1, 0.15) is 12.4 Å². The van der Waals surface area contributed by atoms with Crippen LogP contribution in [-0.2, 0) is 9.47 Å². The van der Waals surface area contributed by atoms with Gasteiger partial charge < -0.3 is 9.47 Å². The zero-order valence-corrected chi connectivity index (χ0v) is 9.71. The minimum atomic E-state index is -0.571. The standard InChI is InChI=1S/C10H10BrFO3/c1-14-4-5-15-10(13)8-6-7(12)2-3-9(8)11/h2-3,6H,4-5H2,1H3. The van der Waals surface area contributed by atoms with Gasteiger partial charge in [0.2, 0.25) is 0 Å². The molecule has 0 fully saturated rings. The predicted octanol–water partition coefficient (Wildman–Crippen LogP) is 2.39. The molecule has 1 aromatic carbocycles. The second-order valence-electron chi connectivity index (χ2n) is 2.75. The first-order chi connectivity index (χ1) is 7.15. The van der Waals surface area contributed by atoms with E-state index in [0.717, 1.165) is 6.07 Å². The van der Waals surface area contributed by atoms with Gasteiger partial charge in [0.05, 0.1) is 12.2 Å². The number of benzene rings is 1. The second-order valence-corrected chi connectivity index (χ2v) is 3.61. The maximum atomic E-state index is 12.8. The van der Waals surface area contributed by atoms with Crippen molar-refractivity contribution in [1.29, 1.82) is 0 Å². The van der Waals surface area contributed by atoms with Crippen molar-refractivity contribution in [3.8, 4) is 0 Å². The lowest BCUT2D eigenvalue weighted by atomic mass is 10.2. The third kappa shape index (κ3) is 3.60. The molecule has 0 aliphatic heterocycles. The SMILES string of the molecule is COCCOC(=O)c1cc(F)ccc1Br. The zero-order valence-electron chi connectivity index (χ0n) is 8.13. The lowest BCUT2D eigenvalue weighted by molar-refractivity contribution is 0.0386. The summed E-state index contributed by atoms with van der Waals surface area (Å²) >= 11 is 3.14. The summed E-state index contributed by atoms with van der Waals surface area (Å²) < 4.78 is 22.9. The van der Waals surface area contributed by atoms with Gasteiger partial charge in [0, 0.05) is 11.6 Å². The molecule has 1 rings (SSSR count). The molecule has 0 radical (unpaired) electrons. The number of ether oxygens (including phenoxy) is 2. The highest BCUT2D eigenvalue weighted by Crippen LogP contribution is 2.18. The van der Waals surface area contributed by atoms with Gasteiger partial charge in [-0.3, -0.25) is 0 Å². The van der Waals surface area contributed by atoms with Crippen LogP contribution in [0.15, 0.2) is 22.7 Å². The second kappa shape index (κ2) is 5.82. The maximum Gasteiger partial charge on any atom is 0.339 e. The van der Waals surface area contributed by atoms with Crippen molar-refractivity contribution in [3.63, 3.8) is 0 Å². The number of hydrogen-bond donors (Lipinski definition) is 0. The van der Waals surface area contributed by atoms with E-state index >= 15 is 0 Å². The number of rotatable bonds is 4. The van der Waals surface area contributed by atoms with Crippen molar-refractivity contribution in [2.24, 2.45) is 0 Å². The van der Waals surface area contributed by atoms with Crippen LogP contribution in [0.25, 0.3) is 0 Å². The number of halogens is 2. The molecule has 82 valence electrons. The number of carbonyl (C=O) groups is 1. The lowest BCUT2D eigenvalue weighted by Gasteiger charge is -2.05. The van der Waals surface area contributed by atoms with Crippen LogP contribution in [0, 0.1) is 5.82 Å². The molecule has 0 aliphatic carbocycles. The van der Waals surface area contributed by atoms with Crippen molar-refractivity contribution in [3.05, 3.63) is 34.1 Å². The zero-order chi connectivity index (χ0) is 11.3. The number of hydrogen-bond acceptors (Lipinski definition) is 3. The molecule has 0 amide bonds. The monoisotopic (exact) mass is 276 g/mol. The van der Waals surface area contributed by atoms with E-state index in [4.69, 9.17) is 9.47 Å². The van der Waals surface area contributed by atoms with Crippen LogP contribution < -0.4 is 0 Å². The van der Waals surface area contributed by atoms with E-state index in [0.29, 0.717) is 11.1 Å². The van der Waals surface area contributed by atoms with E-state index in [-0.39, 0.29) is 12.2 Å². The average Bonchev–Trinajstić information content (AvgIpc) is 2.22. The minimum Gasteiger partial charge on any atom is -0.460 e. The fourth-order valence-corrected chi connectivity index (χ4v) is 1.36. The largest absolute Gasteiger partial charge is 0.460 e. The van der Waals surface area contributed by atoms with Gasteiger partial charge in [-0.1, -0.05) is 0 Å². The van der Waals surface area contributed by atoms with Crippen LogP contribution in [-0.4, -0.2) is 26.3 Å². The van der Waals surface area contributed by atoms with Crippen LogP contribution >= 0.6 is 15.9 Å². The summed E-state index contributed by atoms with van der Waals surface area (Å²) in [5.74, 6) is -1.05. The molecule has 0 N–H and O–H groups in total. The molecule has 0 aromatic heterocycles. The lowest BCUT2D eigenvalue weighted by Crippen LogP contribution is -2.10. The van der Waals surface area contributed by atoms with Gasteiger partial charge in [-0.25, -0.2) is 9.18 Å². The first-order valence-electron chi connectivity index (χ1n) is 4.26. The molecule has 0 saturated heterocycles. The molecule has 0 aliphatic rings. The summed E-state index contributed by atoms with van der Waals surface area (Å²) in [6.45, 7) is 0.469. The van der Waals surface area contributed by atoms with E-state index in [9.17, 15) is 9.18 Å². The molecular formula is C10H10BrFO3. The first kappa shape index (κ1) is 12.1. The normalized spacial score (nSPS) is 10.1. The summed E-state index contributed by atoms with van der Waals surface area (Å²) in [7, 11) is 1.51. The van der Waals surface area contributed by atoms with Crippen LogP contribution in [0.1, 0.15) is 10.4 Å². The molecule has 3 nitrogen and oxygen atoms in total. The van der Waals surface area contributed by atoms with Crippen molar-refractivity contribution in [2.75, 3.05) is 20.3 Å². The molecule has 0 bridgehead atoms. The molecular weight excluding hydrogens is 267 g/mol. The number of esters is 1. The molecule has 15 heavy (non-hydrogen) atoms. The Balaban J connectivity index is 2.68. The van der Waals surface area contributed by atoms with E-state index in [1.54, 1.807) is 0 Å². The van der Waals surface area contributed by atoms with Gasteiger partial charge in [0.25, 0.3) is 0 Å². The number of methoxy groups -OCH3 is 1. The van der Waals surface area contributed by atoms with Crippen LogP contribution in [0.2, 0.25) is 0 Å². The highest BCUT2D eigenvalue weighted by Gasteiger charge is 2.12. The molecule has 5 heteroatoms. The summed E-state index contributed by atoms with van der Waals surface area (Å²) in [5.41, 5.74) is 0.172. The van der Waals surface area contributed by atoms with Gasteiger partial charge >= 0.3 is 5.97 Å². The Morgan fingerprint density at radius 1 is 1.47 bits per heavy atom. The van der Waals surface area contributed by atoms with Crippen LogP contribution in [0.3, 0.4) is 0 Å². The maximum absolute atomic E-state index is 12.8. The average molecular weight is 277 g/mol. The number of carbonyl (C=O) groups excluding carboxylic acids is 1. The van der Waals surface area contributed by atoms with E-state index in [1.165, 1.54) is 19.2 Å². The molecule has 0 saturated carbocycles. The fraction of sp³-hybridized carbons (Fsp3) is 0.300. The smallest absolute Gasteiger partial charge is 0.339 e. The highest BCUT2D eigenvalue weighted by molar-refractivity contribution is 9.10. The molecule has 0 spiro atoms. The van der Waals surface area contributed by atoms with Crippen LogP contribution in [0.4, 0.5) is 4.39 Å². The predicted molar refractivity (Wildman–Crippen MR) is 56.3 cm³/mol. The third-order valence-electron chi connectivity index (χ3n) is 1.67. The Morgan fingerprint density at radius 3 is 2.87 bits per heavy atom. The molecule has 1 aromatic rings. The topological polar surface area (TPSA) is 35.5 Å². The van der Waals surface area contributed by atoms with Crippen LogP contribution in [0.5, 0.6) is 0 Å². The Hall–Kier alpha value is -0.940. The van der Waals surface area contributed by atoms with Crippen molar-refractivity contribution in [1.82, 2.24) is 0 Å². The van der Waals surface area contributed by atoms with E-state index in [2.05, 4.69) is 15.9 Å². The van der Waals surface area contributed by atoms with Gasteiger partial charge in [-0.15, -0.1) is 0 Å². The molecule has 0 atom stereocenters. The van der Waals surface area contributed by atoms with E-state index in [1.807, 2.05) is 0 Å². The first-order valence-corrected chi connectivity index (χ1v) is 5.05. The minimum absolute atomic E-state index is 0.151. The van der Waals surface area contributed by atoms with Gasteiger partial charge in [0.15, 0.2) is 0 Å². The fourth-order valence-electron chi connectivity index (χ4n) is 0.949. The molecule has 0 heterocycles. The van der Waals surface area contributed by atoms with Crippen molar-refractivity contribution in [2.45, 2.75) is 0 Å². The van der Waals surface area contributed by atoms with Crippen molar-refractivity contribution >= 4 is 21.9 Å². The Labute approximate surface area is 95.3 Å². The van der Waals surface area contributed by atoms with Gasteiger partial charge in [-0.05, 0) is 34.1 Å². The highest BCUT2D eigenvalue weighted by atomic mass is 79.9. The van der Waals surface area contributed by atoms with Crippen molar-refractivity contribution < 1.29 is 18.7 Å². The summed E-state index contributed by atoms with van der Waals surface area (Å²) in [6, 6.07) is 3.84. The summed E-state index contributed by atoms with van der Waals surface area (Å²) in [5, 5.41) is 0.